The summed E-state index contributed by atoms with van der Waals surface area (Å²) < 4.78 is 27.6. The van der Waals surface area contributed by atoms with Crippen molar-refractivity contribution in [3.05, 3.63) is 70.1 Å². The number of benzene rings is 2. The minimum Gasteiger partial charge on any atom is -0.462 e. The summed E-state index contributed by atoms with van der Waals surface area (Å²) in [6, 6.07) is 13.9. The Hall–Kier alpha value is -3.44. The number of aryl methyl sites for hydroxylation is 1. The van der Waals surface area contributed by atoms with Crippen molar-refractivity contribution >= 4 is 22.7 Å². The summed E-state index contributed by atoms with van der Waals surface area (Å²) >= 11 is 0. The van der Waals surface area contributed by atoms with Crippen LogP contribution in [0.5, 0.6) is 5.75 Å². The van der Waals surface area contributed by atoms with Crippen LogP contribution in [-0.2, 0) is 20.8 Å². The van der Waals surface area contributed by atoms with E-state index in [1.54, 1.807) is 32.9 Å². The van der Waals surface area contributed by atoms with Crippen molar-refractivity contribution in [2.24, 2.45) is 0 Å². The number of amides is 1. The molecule has 1 saturated heterocycles. The van der Waals surface area contributed by atoms with Gasteiger partial charge in [-0.25, -0.2) is 9.59 Å². The number of hydrogen-bond donors (Lipinski definition) is 3. The first kappa shape index (κ1) is 25.6. The molecule has 4 rings (SSSR count). The summed E-state index contributed by atoms with van der Waals surface area (Å²) in [7, 11) is 1.43. The molecule has 0 radical (unpaired) electrons. The summed E-state index contributed by atoms with van der Waals surface area (Å²) in [5.41, 5.74) is -0.268. The number of fused-ring (bicyclic) bond motifs is 1. The maximum Gasteiger partial charge on any atom is 0.412 e. The molecule has 2 aromatic carbocycles. The standard InChI is InChI=1S/C26H29NO9/c1-14-18(34-24-20(29)19(28)22(32-4)26(2,3)36-24)11-10-16-12-17(23(30)35-21(14)16)27-25(31)33-13-15-8-6-5-7-9-15/h5-12,19-20,22,24,28-29H,13H2,1-4H3,(H,27,31). The van der Waals surface area contributed by atoms with Crippen molar-refractivity contribution in [1.29, 1.82) is 0 Å². The normalized spacial score (nSPS) is 23.3. The van der Waals surface area contributed by atoms with E-state index in [-0.39, 0.29) is 23.6 Å². The van der Waals surface area contributed by atoms with Crippen LogP contribution < -0.4 is 15.7 Å². The van der Waals surface area contributed by atoms with Crippen LogP contribution in [-0.4, -0.2) is 53.6 Å². The van der Waals surface area contributed by atoms with Gasteiger partial charge in [-0.1, -0.05) is 30.3 Å². The Morgan fingerprint density at radius 3 is 2.53 bits per heavy atom. The molecule has 36 heavy (non-hydrogen) atoms. The quantitative estimate of drug-likeness (QED) is 0.437. The third kappa shape index (κ3) is 5.21. The highest BCUT2D eigenvalue weighted by molar-refractivity contribution is 5.89. The largest absolute Gasteiger partial charge is 0.462 e. The van der Waals surface area contributed by atoms with Crippen molar-refractivity contribution in [2.45, 2.75) is 57.6 Å². The SMILES string of the molecule is COC1C(O)C(O)C(Oc2ccc3cc(NC(=O)OCc4ccccc4)c(=O)oc3c2C)OC1(C)C. The van der Waals surface area contributed by atoms with E-state index in [0.29, 0.717) is 10.9 Å². The lowest BCUT2D eigenvalue weighted by Crippen LogP contribution is -2.63. The highest BCUT2D eigenvalue weighted by atomic mass is 16.7. The fourth-order valence-corrected chi connectivity index (χ4v) is 4.22. The number of ether oxygens (including phenoxy) is 4. The van der Waals surface area contributed by atoms with Gasteiger partial charge in [0.2, 0.25) is 6.29 Å². The Morgan fingerprint density at radius 1 is 1.11 bits per heavy atom. The highest BCUT2D eigenvalue weighted by Crippen LogP contribution is 2.35. The van der Waals surface area contributed by atoms with Gasteiger partial charge in [0.15, 0.2) is 0 Å². The second-order valence-electron chi connectivity index (χ2n) is 9.09. The van der Waals surface area contributed by atoms with E-state index in [1.165, 1.54) is 13.2 Å². The molecule has 2 heterocycles. The van der Waals surface area contributed by atoms with Crippen molar-refractivity contribution in [3.63, 3.8) is 0 Å². The highest BCUT2D eigenvalue weighted by Gasteiger charge is 2.50. The summed E-state index contributed by atoms with van der Waals surface area (Å²) in [6.45, 7) is 5.17. The van der Waals surface area contributed by atoms with Gasteiger partial charge in [0.25, 0.3) is 0 Å². The molecule has 1 fully saturated rings. The first-order valence-electron chi connectivity index (χ1n) is 11.4. The Morgan fingerprint density at radius 2 is 1.83 bits per heavy atom. The summed E-state index contributed by atoms with van der Waals surface area (Å²) in [5, 5.41) is 23.9. The third-order valence-electron chi connectivity index (χ3n) is 6.09. The number of anilines is 1. The monoisotopic (exact) mass is 499 g/mol. The number of aliphatic hydroxyl groups excluding tert-OH is 2. The van der Waals surface area contributed by atoms with Gasteiger partial charge < -0.3 is 33.6 Å². The van der Waals surface area contributed by atoms with Gasteiger partial charge in [-0.3, -0.25) is 5.32 Å². The number of methoxy groups -OCH3 is 1. The molecule has 192 valence electrons. The summed E-state index contributed by atoms with van der Waals surface area (Å²) in [4.78, 5) is 24.7. The van der Waals surface area contributed by atoms with Crippen molar-refractivity contribution in [1.82, 2.24) is 0 Å². The van der Waals surface area contributed by atoms with Crippen LogP contribution in [0.15, 0.2) is 57.7 Å². The fourth-order valence-electron chi connectivity index (χ4n) is 4.22. The maximum atomic E-state index is 12.6. The van der Waals surface area contributed by atoms with Gasteiger partial charge in [0.1, 0.15) is 41.9 Å². The number of carbonyl (C=O) groups excluding carboxylic acids is 1. The number of aliphatic hydroxyl groups is 2. The van der Waals surface area contributed by atoms with Gasteiger partial charge >= 0.3 is 11.7 Å². The topological polar surface area (TPSA) is 137 Å². The van der Waals surface area contributed by atoms with E-state index < -0.39 is 41.9 Å². The van der Waals surface area contributed by atoms with Gasteiger partial charge in [0.05, 0.1) is 5.60 Å². The van der Waals surface area contributed by atoms with Crippen LogP contribution in [0.25, 0.3) is 11.0 Å². The van der Waals surface area contributed by atoms with E-state index in [0.717, 1.165) is 5.56 Å². The van der Waals surface area contributed by atoms with Crippen molar-refractivity contribution in [3.8, 4) is 5.75 Å². The van der Waals surface area contributed by atoms with Crippen LogP contribution in [0, 0.1) is 6.92 Å². The van der Waals surface area contributed by atoms with Gasteiger partial charge in [-0.2, -0.15) is 0 Å². The molecule has 0 aliphatic carbocycles. The molecule has 1 aliphatic heterocycles. The average molecular weight is 500 g/mol. The van der Waals surface area contributed by atoms with Gasteiger partial charge in [0, 0.05) is 18.1 Å². The molecule has 4 unspecified atom stereocenters. The zero-order valence-corrected chi connectivity index (χ0v) is 20.4. The summed E-state index contributed by atoms with van der Waals surface area (Å²) in [5.74, 6) is 0.288. The second-order valence-corrected chi connectivity index (χ2v) is 9.09. The number of hydrogen-bond acceptors (Lipinski definition) is 9. The van der Waals surface area contributed by atoms with E-state index in [9.17, 15) is 19.8 Å². The molecule has 3 N–H and O–H groups in total. The maximum absolute atomic E-state index is 12.6. The first-order chi connectivity index (χ1) is 17.1. The molecule has 1 aromatic heterocycles. The van der Waals surface area contributed by atoms with Crippen molar-refractivity contribution < 1.29 is 38.4 Å². The predicted octanol–water partition coefficient (Wildman–Crippen LogP) is 3.10. The van der Waals surface area contributed by atoms with E-state index in [1.807, 2.05) is 30.3 Å². The molecule has 1 aliphatic rings. The zero-order valence-electron chi connectivity index (χ0n) is 20.4. The second kappa shape index (κ2) is 10.3. The van der Waals surface area contributed by atoms with Crippen LogP contribution in [0.3, 0.4) is 0 Å². The molecular formula is C26H29NO9. The number of rotatable bonds is 6. The molecule has 1 amide bonds. The summed E-state index contributed by atoms with van der Waals surface area (Å²) in [6.07, 6.45) is -5.35. The van der Waals surface area contributed by atoms with Gasteiger partial charge in [-0.05, 0) is 44.5 Å². The third-order valence-corrected chi connectivity index (χ3v) is 6.09. The fraction of sp³-hybridized carbons (Fsp3) is 0.385. The molecular weight excluding hydrogens is 470 g/mol. The lowest BCUT2D eigenvalue weighted by atomic mass is 9.89. The lowest BCUT2D eigenvalue weighted by molar-refractivity contribution is -0.306. The predicted molar refractivity (Wildman–Crippen MR) is 130 cm³/mol. The molecule has 0 saturated carbocycles. The van der Waals surface area contributed by atoms with E-state index in [4.69, 9.17) is 23.4 Å². The smallest absolute Gasteiger partial charge is 0.412 e. The molecule has 3 aromatic rings. The molecule has 0 bridgehead atoms. The number of nitrogens with one attached hydrogen (secondary N) is 1. The Kier molecular flexibility index (Phi) is 7.32. The van der Waals surface area contributed by atoms with Gasteiger partial charge in [-0.15, -0.1) is 0 Å². The van der Waals surface area contributed by atoms with E-state index >= 15 is 0 Å². The Bertz CT molecular complexity index is 1290. The van der Waals surface area contributed by atoms with Crippen LogP contribution in [0.4, 0.5) is 10.5 Å². The Labute approximate surface area is 207 Å². The van der Waals surface area contributed by atoms with Crippen LogP contribution in [0.2, 0.25) is 0 Å². The number of carbonyl (C=O) groups is 1. The molecule has 0 spiro atoms. The lowest BCUT2D eigenvalue weighted by Gasteiger charge is -2.46. The minimum absolute atomic E-state index is 0.0527. The minimum atomic E-state index is -1.38. The molecule has 10 heteroatoms. The molecule has 10 nitrogen and oxygen atoms in total. The van der Waals surface area contributed by atoms with Crippen molar-refractivity contribution in [2.75, 3.05) is 12.4 Å². The van der Waals surface area contributed by atoms with E-state index in [2.05, 4.69) is 5.32 Å². The van der Waals surface area contributed by atoms with Crippen LogP contribution >= 0.6 is 0 Å². The van der Waals surface area contributed by atoms with Crippen LogP contribution in [0.1, 0.15) is 25.0 Å². The first-order valence-corrected chi connectivity index (χ1v) is 11.4. The Balaban J connectivity index is 1.51. The average Bonchev–Trinajstić information content (AvgIpc) is 2.84. The zero-order chi connectivity index (χ0) is 26.0. The molecule has 4 atom stereocenters.